The van der Waals surface area contributed by atoms with E-state index >= 15 is 0 Å². The Kier molecular flexibility index (Phi) is 4.12. The molecule has 1 atom stereocenters. The van der Waals surface area contributed by atoms with Crippen molar-refractivity contribution in [1.82, 2.24) is 4.31 Å². The van der Waals surface area contributed by atoms with Gasteiger partial charge in [-0.2, -0.15) is 0 Å². The molecule has 1 heterocycles. The first-order chi connectivity index (χ1) is 11.7. The number of sulfonamides is 1. The average molecular weight is 358 g/mol. The van der Waals surface area contributed by atoms with Crippen molar-refractivity contribution in [3.05, 3.63) is 59.2 Å². The van der Waals surface area contributed by atoms with Gasteiger partial charge in [0.1, 0.15) is 10.9 Å². The summed E-state index contributed by atoms with van der Waals surface area (Å²) in [4.78, 5) is 25.0. The Bertz CT molecular complexity index is 982. The molecule has 0 spiro atoms. The normalized spacial score (nSPS) is 16.4. The number of rotatable bonds is 3. The molecule has 0 fully saturated rings. The van der Waals surface area contributed by atoms with Crippen LogP contribution in [0.1, 0.15) is 28.4 Å². The Labute approximate surface area is 146 Å². The number of nitrogens with one attached hydrogen (secondary N) is 1. The largest absolute Gasteiger partial charge is 0.324 e. The van der Waals surface area contributed by atoms with E-state index in [9.17, 15) is 18.0 Å². The van der Waals surface area contributed by atoms with Gasteiger partial charge in [-0.25, -0.2) is 12.7 Å². The van der Waals surface area contributed by atoms with Gasteiger partial charge in [-0.05, 0) is 44.5 Å². The minimum absolute atomic E-state index is 0.0637. The molecule has 0 radical (unpaired) electrons. The minimum Gasteiger partial charge on any atom is -0.324 e. The number of benzene rings is 2. The van der Waals surface area contributed by atoms with Crippen LogP contribution in [0, 0.1) is 13.8 Å². The topological polar surface area (TPSA) is 83.6 Å². The third-order valence-corrected chi connectivity index (χ3v) is 6.14. The number of anilines is 1. The van der Waals surface area contributed by atoms with Gasteiger partial charge in [0.05, 0.1) is 5.56 Å². The second kappa shape index (κ2) is 6.00. The second-order valence-corrected chi connectivity index (χ2v) is 7.87. The van der Waals surface area contributed by atoms with Crippen molar-refractivity contribution in [2.75, 3.05) is 5.32 Å². The maximum Gasteiger partial charge on any atom is 0.269 e. The molecular formula is C18H18N2O4S. The number of aryl methyl sites for hydroxylation is 2. The molecule has 0 aliphatic carbocycles. The van der Waals surface area contributed by atoms with Gasteiger partial charge in [0.15, 0.2) is 0 Å². The number of carbonyl (C=O) groups is 2. The first-order valence-electron chi connectivity index (χ1n) is 7.79. The van der Waals surface area contributed by atoms with Crippen molar-refractivity contribution < 1.29 is 18.0 Å². The summed E-state index contributed by atoms with van der Waals surface area (Å²) in [5, 5.41) is 2.70. The molecule has 0 saturated carbocycles. The zero-order valence-electron chi connectivity index (χ0n) is 14.1. The molecule has 1 N–H and O–H groups in total. The summed E-state index contributed by atoms with van der Waals surface area (Å²) in [5.41, 5.74) is 2.59. The minimum atomic E-state index is -4.03. The fraction of sp³-hybridized carbons (Fsp3) is 0.222. The van der Waals surface area contributed by atoms with Crippen LogP contribution in [0.25, 0.3) is 0 Å². The van der Waals surface area contributed by atoms with Crippen molar-refractivity contribution in [3.8, 4) is 0 Å². The molecule has 0 bridgehead atoms. The molecular weight excluding hydrogens is 340 g/mol. The van der Waals surface area contributed by atoms with Crippen LogP contribution in [0.4, 0.5) is 5.69 Å². The van der Waals surface area contributed by atoms with E-state index < -0.39 is 27.9 Å². The number of hydrogen-bond donors (Lipinski definition) is 1. The van der Waals surface area contributed by atoms with E-state index in [1.807, 2.05) is 26.0 Å². The summed E-state index contributed by atoms with van der Waals surface area (Å²) < 4.78 is 25.9. The first kappa shape index (κ1) is 17.2. The highest BCUT2D eigenvalue weighted by atomic mass is 32.2. The van der Waals surface area contributed by atoms with Gasteiger partial charge in [0, 0.05) is 5.69 Å². The Morgan fingerprint density at radius 1 is 1.12 bits per heavy atom. The average Bonchev–Trinajstić information content (AvgIpc) is 2.76. The molecule has 2 aromatic carbocycles. The Morgan fingerprint density at radius 3 is 2.44 bits per heavy atom. The Morgan fingerprint density at radius 2 is 1.80 bits per heavy atom. The monoisotopic (exact) mass is 358 g/mol. The van der Waals surface area contributed by atoms with Gasteiger partial charge >= 0.3 is 0 Å². The highest BCUT2D eigenvalue weighted by molar-refractivity contribution is 7.90. The summed E-state index contributed by atoms with van der Waals surface area (Å²) in [5.74, 6) is -1.24. The molecule has 2 aromatic rings. The SMILES string of the molecule is Cc1ccc(NC(=O)C(C)N2C(=O)c3ccccc3S2(=O)=O)c(C)c1. The smallest absolute Gasteiger partial charge is 0.269 e. The van der Waals surface area contributed by atoms with Crippen LogP contribution in [-0.2, 0) is 14.8 Å². The lowest BCUT2D eigenvalue weighted by Gasteiger charge is -2.22. The third kappa shape index (κ3) is 2.80. The van der Waals surface area contributed by atoms with Crippen molar-refractivity contribution in [2.45, 2.75) is 31.7 Å². The zero-order valence-corrected chi connectivity index (χ0v) is 14.9. The van der Waals surface area contributed by atoms with E-state index in [4.69, 9.17) is 0 Å². The van der Waals surface area contributed by atoms with Crippen LogP contribution in [0.15, 0.2) is 47.4 Å². The van der Waals surface area contributed by atoms with Crippen LogP contribution in [0.5, 0.6) is 0 Å². The van der Waals surface area contributed by atoms with Crippen LogP contribution < -0.4 is 5.32 Å². The van der Waals surface area contributed by atoms with Crippen LogP contribution >= 0.6 is 0 Å². The quantitative estimate of drug-likeness (QED) is 0.914. The highest BCUT2D eigenvalue weighted by Gasteiger charge is 2.45. The molecule has 3 rings (SSSR count). The number of fused-ring (bicyclic) bond motifs is 1. The molecule has 6 nitrogen and oxygen atoms in total. The molecule has 1 aliphatic rings. The molecule has 0 saturated heterocycles. The zero-order chi connectivity index (χ0) is 18.4. The third-order valence-electron chi connectivity index (χ3n) is 4.23. The van der Waals surface area contributed by atoms with Crippen molar-refractivity contribution in [1.29, 1.82) is 0 Å². The molecule has 130 valence electrons. The van der Waals surface area contributed by atoms with Crippen LogP contribution in [0.3, 0.4) is 0 Å². The molecule has 7 heteroatoms. The Hall–Kier alpha value is -2.67. The fourth-order valence-electron chi connectivity index (χ4n) is 2.88. The highest BCUT2D eigenvalue weighted by Crippen LogP contribution is 2.32. The molecule has 0 aromatic heterocycles. The van der Waals surface area contributed by atoms with Gasteiger partial charge in [-0.3, -0.25) is 9.59 Å². The maximum atomic E-state index is 12.6. The van der Waals surface area contributed by atoms with Crippen molar-refractivity contribution >= 4 is 27.5 Å². The van der Waals surface area contributed by atoms with Gasteiger partial charge in [0.2, 0.25) is 5.91 Å². The van der Waals surface area contributed by atoms with Crippen molar-refractivity contribution in [2.24, 2.45) is 0 Å². The van der Waals surface area contributed by atoms with E-state index in [-0.39, 0.29) is 10.5 Å². The summed E-state index contributed by atoms with van der Waals surface area (Å²) >= 11 is 0. The summed E-state index contributed by atoms with van der Waals surface area (Å²) in [6.07, 6.45) is 0. The van der Waals surface area contributed by atoms with Crippen molar-refractivity contribution in [3.63, 3.8) is 0 Å². The lowest BCUT2D eigenvalue weighted by molar-refractivity contribution is -0.118. The number of amides is 2. The molecule has 1 aliphatic heterocycles. The first-order valence-corrected chi connectivity index (χ1v) is 9.23. The van der Waals surface area contributed by atoms with Crippen LogP contribution in [0.2, 0.25) is 0 Å². The second-order valence-electron chi connectivity index (χ2n) is 6.09. The summed E-state index contributed by atoms with van der Waals surface area (Å²) in [6, 6.07) is 10.3. The maximum absolute atomic E-state index is 12.6. The van der Waals surface area contributed by atoms with Gasteiger partial charge < -0.3 is 5.32 Å². The van der Waals surface area contributed by atoms with Gasteiger partial charge in [-0.1, -0.05) is 29.8 Å². The van der Waals surface area contributed by atoms with Crippen LogP contribution in [-0.4, -0.2) is 30.6 Å². The standard InChI is InChI=1S/C18H18N2O4S/c1-11-8-9-15(12(2)10-11)19-17(21)13(3)20-18(22)14-6-4-5-7-16(14)25(20,23)24/h4-10,13H,1-3H3,(H,19,21). The number of hydrogen-bond acceptors (Lipinski definition) is 4. The van der Waals surface area contributed by atoms with E-state index in [1.54, 1.807) is 18.2 Å². The van der Waals surface area contributed by atoms with Gasteiger partial charge in [-0.15, -0.1) is 0 Å². The van der Waals surface area contributed by atoms with E-state index in [0.717, 1.165) is 11.1 Å². The van der Waals surface area contributed by atoms with E-state index in [1.165, 1.54) is 19.1 Å². The predicted octanol–water partition coefficient (Wildman–Crippen LogP) is 2.48. The van der Waals surface area contributed by atoms with E-state index in [0.29, 0.717) is 9.99 Å². The number of nitrogens with zero attached hydrogens (tertiary/aromatic N) is 1. The predicted molar refractivity (Wildman–Crippen MR) is 93.8 cm³/mol. The fourth-order valence-corrected chi connectivity index (χ4v) is 4.61. The summed E-state index contributed by atoms with van der Waals surface area (Å²) in [7, 11) is -4.03. The molecule has 25 heavy (non-hydrogen) atoms. The summed E-state index contributed by atoms with van der Waals surface area (Å²) in [6.45, 7) is 5.19. The molecule has 1 unspecified atom stereocenters. The van der Waals surface area contributed by atoms with E-state index in [2.05, 4.69) is 5.32 Å². The molecule has 2 amide bonds. The van der Waals surface area contributed by atoms with Gasteiger partial charge in [0.25, 0.3) is 15.9 Å². The lowest BCUT2D eigenvalue weighted by Crippen LogP contribution is -2.45. The lowest BCUT2D eigenvalue weighted by atomic mass is 10.1. The number of carbonyl (C=O) groups excluding carboxylic acids is 2. The Balaban J connectivity index is 1.89.